The predicted molar refractivity (Wildman–Crippen MR) is 180 cm³/mol. The van der Waals surface area contributed by atoms with Gasteiger partial charge in [-0.15, -0.1) is 16.4 Å². The number of likely N-dealkylation sites (tertiary alicyclic amines) is 1. The van der Waals surface area contributed by atoms with Crippen molar-refractivity contribution in [1.82, 2.24) is 20.2 Å². The monoisotopic (exact) mass is 699 g/mol. The molecular formula is C33H41N5O8S2. The van der Waals surface area contributed by atoms with Crippen molar-refractivity contribution in [1.29, 1.82) is 0 Å². The van der Waals surface area contributed by atoms with Gasteiger partial charge in [-0.1, -0.05) is 18.2 Å². The first-order valence-corrected chi connectivity index (χ1v) is 18.3. The Kier molecular flexibility index (Phi) is 9.86. The molecule has 258 valence electrons. The Labute approximate surface area is 284 Å². The van der Waals surface area contributed by atoms with Crippen LogP contribution in [-0.2, 0) is 25.2 Å². The van der Waals surface area contributed by atoms with Gasteiger partial charge in [0.2, 0.25) is 0 Å². The Bertz CT molecular complexity index is 1750. The van der Waals surface area contributed by atoms with E-state index < -0.39 is 27.6 Å². The number of benzene rings is 2. The van der Waals surface area contributed by atoms with Gasteiger partial charge in [0.05, 0.1) is 26.5 Å². The van der Waals surface area contributed by atoms with Gasteiger partial charge >= 0.3 is 6.09 Å². The average Bonchev–Trinajstić information content (AvgIpc) is 3.68. The van der Waals surface area contributed by atoms with Gasteiger partial charge in [-0.3, -0.25) is 15.0 Å². The van der Waals surface area contributed by atoms with E-state index in [0.717, 1.165) is 54.7 Å². The lowest BCUT2D eigenvalue weighted by atomic mass is 9.83. The van der Waals surface area contributed by atoms with Gasteiger partial charge in [0.25, 0.3) is 15.9 Å². The van der Waals surface area contributed by atoms with Crippen molar-refractivity contribution in [3.63, 3.8) is 0 Å². The van der Waals surface area contributed by atoms with Crippen molar-refractivity contribution in [2.24, 2.45) is 0 Å². The van der Waals surface area contributed by atoms with E-state index in [1.165, 1.54) is 26.4 Å². The van der Waals surface area contributed by atoms with Crippen LogP contribution in [0.15, 0.2) is 58.1 Å². The summed E-state index contributed by atoms with van der Waals surface area (Å²) in [5.74, 6) is -0.186. The van der Waals surface area contributed by atoms with Gasteiger partial charge in [0, 0.05) is 43.3 Å². The molecule has 0 saturated carbocycles. The zero-order valence-corrected chi connectivity index (χ0v) is 29.1. The number of thiophene rings is 1. The fraction of sp³-hybridized carbons (Fsp3) is 0.455. The number of piperazine rings is 1. The summed E-state index contributed by atoms with van der Waals surface area (Å²) in [5.41, 5.74) is -1.59. The maximum atomic E-state index is 15.0. The van der Waals surface area contributed by atoms with Gasteiger partial charge in [-0.2, -0.15) is 12.7 Å². The number of nitrogens with zero attached hydrogens (tertiary/aromatic N) is 4. The summed E-state index contributed by atoms with van der Waals surface area (Å²) in [6.45, 7) is 6.60. The summed E-state index contributed by atoms with van der Waals surface area (Å²) in [7, 11) is 0.438. The van der Waals surface area contributed by atoms with Crippen molar-refractivity contribution in [2.45, 2.75) is 35.6 Å². The van der Waals surface area contributed by atoms with Crippen LogP contribution >= 0.6 is 11.3 Å². The van der Waals surface area contributed by atoms with E-state index in [0.29, 0.717) is 30.6 Å². The molecule has 13 nitrogen and oxygen atoms in total. The van der Waals surface area contributed by atoms with E-state index in [1.807, 2.05) is 0 Å². The summed E-state index contributed by atoms with van der Waals surface area (Å²) < 4.78 is 46.0. The lowest BCUT2D eigenvalue weighted by Gasteiger charge is -2.41. The molecule has 0 radical (unpaired) electrons. The van der Waals surface area contributed by atoms with Crippen LogP contribution in [0.3, 0.4) is 0 Å². The normalized spacial score (nSPS) is 21.2. The first-order valence-electron chi connectivity index (χ1n) is 15.9. The number of hydrogen-bond acceptors (Lipinski definition) is 12. The fourth-order valence-electron chi connectivity index (χ4n) is 6.76. The second-order valence-corrected chi connectivity index (χ2v) is 14.8. The lowest BCUT2D eigenvalue weighted by Crippen LogP contribution is -2.57. The van der Waals surface area contributed by atoms with Crippen molar-refractivity contribution in [3.05, 3.63) is 65.0 Å². The van der Waals surface area contributed by atoms with E-state index in [2.05, 4.69) is 22.2 Å². The third kappa shape index (κ3) is 6.09. The first-order chi connectivity index (χ1) is 23.1. The number of piperidine rings is 1. The van der Waals surface area contributed by atoms with Gasteiger partial charge < -0.3 is 23.9 Å². The highest BCUT2D eigenvalue weighted by Crippen LogP contribution is 2.51. The van der Waals surface area contributed by atoms with Crippen molar-refractivity contribution >= 4 is 39.0 Å². The van der Waals surface area contributed by atoms with Gasteiger partial charge in [-0.05, 0) is 75.6 Å². The van der Waals surface area contributed by atoms with E-state index in [-0.39, 0.29) is 33.4 Å². The summed E-state index contributed by atoms with van der Waals surface area (Å²) in [6, 6.07) is 13.4. The minimum Gasteiger partial charge on any atom is -0.497 e. The molecule has 3 aromatic rings. The van der Waals surface area contributed by atoms with Gasteiger partial charge in [-0.25, -0.2) is 4.79 Å². The summed E-state index contributed by atoms with van der Waals surface area (Å²) in [5, 5.41) is 5.98. The van der Waals surface area contributed by atoms with Crippen LogP contribution in [0.4, 0.5) is 10.5 Å². The number of anilines is 1. The number of rotatable bonds is 10. The number of carbonyl (C=O) groups excluding carboxylic acids is 2. The highest BCUT2D eigenvalue weighted by Gasteiger charge is 2.59. The number of hydrogen-bond donors (Lipinski definition) is 1. The number of nitrogens with one attached hydrogen (secondary N) is 1. The Morgan fingerprint density at radius 2 is 1.69 bits per heavy atom. The topological polar surface area (TPSA) is 130 Å². The number of hydroxylamine groups is 2. The molecule has 0 bridgehead atoms. The van der Waals surface area contributed by atoms with Crippen LogP contribution in [0.25, 0.3) is 0 Å². The highest BCUT2D eigenvalue weighted by molar-refractivity contribution is 7.95. The number of ether oxygens (including phenoxy) is 3. The molecule has 6 rings (SSSR count). The van der Waals surface area contributed by atoms with E-state index in [4.69, 9.17) is 19.0 Å². The minimum absolute atomic E-state index is 0.0506. The second kappa shape index (κ2) is 13.9. The molecule has 1 N–H and O–H groups in total. The number of fused-ring (bicyclic) bond motifs is 1. The predicted octanol–water partition coefficient (Wildman–Crippen LogP) is 3.50. The largest absolute Gasteiger partial charge is 0.497 e. The van der Waals surface area contributed by atoms with Crippen molar-refractivity contribution < 1.29 is 37.1 Å². The molecule has 2 aromatic carbocycles. The molecule has 2 amide bonds. The highest BCUT2D eigenvalue weighted by atomic mass is 32.2. The molecule has 1 aromatic heterocycles. The molecule has 15 heteroatoms. The third-order valence-corrected chi connectivity index (χ3v) is 12.3. The van der Waals surface area contributed by atoms with Gasteiger partial charge in [0.1, 0.15) is 17.2 Å². The Balaban J connectivity index is 1.38. The molecule has 4 heterocycles. The molecule has 2 fully saturated rings. The SMILES string of the molecule is CCOc1ccccc1C1(NC(=O)ON2CCN(C3CCN(C)CC3)CC2)C(=O)N(S(=O)(=O)c2sccc2OC)c2ccc(OC)cc21. The molecule has 2 saturated heterocycles. The molecule has 3 aliphatic rings. The number of methoxy groups -OCH3 is 2. The smallest absolute Gasteiger partial charge is 0.427 e. The quantitative estimate of drug-likeness (QED) is 0.334. The molecular weight excluding hydrogens is 659 g/mol. The Morgan fingerprint density at radius 1 is 0.958 bits per heavy atom. The zero-order chi connectivity index (χ0) is 34.1. The third-order valence-electron chi connectivity index (χ3n) is 9.19. The standard InChI is InChI=1S/C33H41N5O8S2/c1-5-45-28-9-7-6-8-25(28)33(34-32(40)46-37-19-17-36(18-20-37)23-12-15-35(2)16-13-23)26-22-24(43-3)10-11-27(26)38(31(33)39)48(41,42)30-29(44-4)14-21-47-30/h6-11,14,21-23H,5,12-13,15-20H2,1-4H3,(H,34,40). The molecule has 0 aliphatic carbocycles. The van der Waals surface area contributed by atoms with Crippen molar-refractivity contribution in [2.75, 3.05) is 71.4 Å². The van der Waals surface area contributed by atoms with Crippen molar-refractivity contribution in [3.8, 4) is 17.2 Å². The maximum absolute atomic E-state index is 15.0. The van der Waals surface area contributed by atoms with Crippen LogP contribution in [0.1, 0.15) is 30.9 Å². The average molecular weight is 700 g/mol. The lowest BCUT2D eigenvalue weighted by molar-refractivity contribution is -0.133. The minimum atomic E-state index is -4.52. The first kappa shape index (κ1) is 34.0. The fourth-order valence-corrected chi connectivity index (χ4v) is 9.56. The Hall–Kier alpha value is -3.89. The van der Waals surface area contributed by atoms with Crippen LogP contribution in [0.2, 0.25) is 0 Å². The summed E-state index contributed by atoms with van der Waals surface area (Å²) in [4.78, 5) is 39.5. The van der Waals surface area contributed by atoms with Crippen LogP contribution < -0.4 is 23.8 Å². The molecule has 3 aliphatic heterocycles. The number of para-hydroxylation sites is 1. The summed E-state index contributed by atoms with van der Waals surface area (Å²) in [6.07, 6.45) is 1.28. The van der Waals surface area contributed by atoms with Crippen LogP contribution in [0, 0.1) is 0 Å². The molecule has 48 heavy (non-hydrogen) atoms. The maximum Gasteiger partial charge on any atom is 0.427 e. The number of sulfonamides is 1. The van der Waals surface area contributed by atoms with E-state index in [1.54, 1.807) is 53.8 Å². The molecule has 0 spiro atoms. The Morgan fingerprint density at radius 3 is 2.38 bits per heavy atom. The van der Waals surface area contributed by atoms with Gasteiger partial charge in [0.15, 0.2) is 9.75 Å². The van der Waals surface area contributed by atoms with E-state index in [9.17, 15) is 18.0 Å². The number of amides is 2. The van der Waals surface area contributed by atoms with E-state index >= 15 is 0 Å². The molecule has 1 unspecified atom stereocenters. The number of carbonyl (C=O) groups is 2. The zero-order valence-electron chi connectivity index (χ0n) is 27.5. The molecule has 1 atom stereocenters. The van der Waals surface area contributed by atoms with Crippen LogP contribution in [-0.4, -0.2) is 108 Å². The summed E-state index contributed by atoms with van der Waals surface area (Å²) >= 11 is 0.926. The van der Waals surface area contributed by atoms with Crippen LogP contribution in [0.5, 0.6) is 17.2 Å². The second-order valence-electron chi connectivity index (χ2n) is 11.9.